The van der Waals surface area contributed by atoms with Crippen molar-refractivity contribution in [2.75, 3.05) is 12.3 Å². The highest BCUT2D eigenvalue weighted by Crippen LogP contribution is 2.16. The van der Waals surface area contributed by atoms with Gasteiger partial charge in [-0.3, -0.25) is 4.79 Å². The molecular formula is C15H16ClN3O. The van der Waals surface area contributed by atoms with Gasteiger partial charge in [0.2, 0.25) is 0 Å². The largest absolute Gasteiger partial charge is 0.397 e. The van der Waals surface area contributed by atoms with E-state index in [9.17, 15) is 4.79 Å². The number of hydrogen-bond acceptors (Lipinski definition) is 3. The van der Waals surface area contributed by atoms with Gasteiger partial charge in [-0.2, -0.15) is 0 Å². The number of aromatic nitrogens is 1. The van der Waals surface area contributed by atoms with Gasteiger partial charge in [-0.15, -0.1) is 0 Å². The van der Waals surface area contributed by atoms with E-state index in [2.05, 4.69) is 4.98 Å². The number of hydrogen-bond donors (Lipinski definition) is 1. The Labute approximate surface area is 123 Å². The first-order valence-electron chi connectivity index (χ1n) is 6.36. The van der Waals surface area contributed by atoms with Gasteiger partial charge in [-0.1, -0.05) is 23.7 Å². The summed E-state index contributed by atoms with van der Waals surface area (Å²) in [5.41, 5.74) is 7.45. The Kier molecular flexibility index (Phi) is 4.58. The maximum atomic E-state index is 12.4. The third kappa shape index (κ3) is 3.27. The van der Waals surface area contributed by atoms with Gasteiger partial charge in [-0.25, -0.2) is 4.98 Å². The third-order valence-electron chi connectivity index (χ3n) is 2.97. The van der Waals surface area contributed by atoms with Gasteiger partial charge >= 0.3 is 0 Å². The summed E-state index contributed by atoms with van der Waals surface area (Å²) in [6, 6.07) is 10.8. The zero-order chi connectivity index (χ0) is 14.5. The lowest BCUT2D eigenvalue weighted by Gasteiger charge is -2.21. The number of pyridine rings is 1. The van der Waals surface area contributed by atoms with Crippen molar-refractivity contribution in [3.63, 3.8) is 0 Å². The van der Waals surface area contributed by atoms with Gasteiger partial charge in [0, 0.05) is 24.3 Å². The Morgan fingerprint density at radius 3 is 2.80 bits per heavy atom. The summed E-state index contributed by atoms with van der Waals surface area (Å²) in [7, 11) is 0. The molecule has 1 aromatic heterocycles. The molecule has 0 bridgehead atoms. The summed E-state index contributed by atoms with van der Waals surface area (Å²) in [5.74, 6) is -0.175. The van der Waals surface area contributed by atoms with Crippen molar-refractivity contribution in [1.29, 1.82) is 0 Å². The smallest absolute Gasteiger partial charge is 0.274 e. The maximum Gasteiger partial charge on any atom is 0.274 e. The molecule has 2 aromatic rings. The molecule has 5 heteroatoms. The van der Waals surface area contributed by atoms with Crippen molar-refractivity contribution in [3.8, 4) is 0 Å². The van der Waals surface area contributed by atoms with Crippen molar-refractivity contribution in [1.82, 2.24) is 9.88 Å². The SMILES string of the molecule is CCN(Cc1cccc(Cl)c1)C(=O)c1ncccc1N. The first kappa shape index (κ1) is 14.3. The van der Waals surface area contributed by atoms with Crippen molar-refractivity contribution in [2.45, 2.75) is 13.5 Å². The molecular weight excluding hydrogens is 274 g/mol. The summed E-state index contributed by atoms with van der Waals surface area (Å²) in [6.45, 7) is 2.97. The molecule has 0 aliphatic heterocycles. The fourth-order valence-electron chi connectivity index (χ4n) is 1.93. The van der Waals surface area contributed by atoms with E-state index in [0.717, 1.165) is 5.56 Å². The second-order valence-corrected chi connectivity index (χ2v) is 4.83. The molecule has 1 heterocycles. The van der Waals surface area contributed by atoms with E-state index in [0.29, 0.717) is 23.8 Å². The number of nitrogen functional groups attached to an aromatic ring is 1. The van der Waals surface area contributed by atoms with E-state index < -0.39 is 0 Å². The Hall–Kier alpha value is -2.07. The second-order valence-electron chi connectivity index (χ2n) is 4.39. The minimum Gasteiger partial charge on any atom is -0.397 e. The minimum atomic E-state index is -0.175. The van der Waals surface area contributed by atoms with E-state index in [1.807, 2.05) is 25.1 Å². The molecule has 2 rings (SSSR count). The number of benzene rings is 1. The summed E-state index contributed by atoms with van der Waals surface area (Å²) in [5, 5.41) is 0.656. The quantitative estimate of drug-likeness (QED) is 0.941. The molecule has 1 aromatic carbocycles. The lowest BCUT2D eigenvalue weighted by Crippen LogP contribution is -2.31. The van der Waals surface area contributed by atoms with Gasteiger partial charge in [0.25, 0.3) is 5.91 Å². The van der Waals surface area contributed by atoms with E-state index in [-0.39, 0.29) is 11.6 Å². The molecule has 0 saturated carbocycles. The molecule has 0 fully saturated rings. The molecule has 0 aliphatic carbocycles. The van der Waals surface area contributed by atoms with Crippen LogP contribution in [0.3, 0.4) is 0 Å². The van der Waals surface area contributed by atoms with Crippen LogP contribution >= 0.6 is 11.6 Å². The topological polar surface area (TPSA) is 59.2 Å². The first-order valence-corrected chi connectivity index (χ1v) is 6.73. The van der Waals surface area contributed by atoms with Crippen LogP contribution in [0.1, 0.15) is 23.0 Å². The number of carbonyl (C=O) groups is 1. The molecule has 0 spiro atoms. The van der Waals surface area contributed by atoms with Crippen molar-refractivity contribution < 1.29 is 4.79 Å². The summed E-state index contributed by atoms with van der Waals surface area (Å²) >= 11 is 5.96. The third-order valence-corrected chi connectivity index (χ3v) is 3.21. The lowest BCUT2D eigenvalue weighted by molar-refractivity contribution is 0.0748. The monoisotopic (exact) mass is 289 g/mol. The molecule has 4 nitrogen and oxygen atoms in total. The Morgan fingerprint density at radius 1 is 1.35 bits per heavy atom. The lowest BCUT2D eigenvalue weighted by atomic mass is 10.2. The molecule has 1 amide bonds. The Bertz CT molecular complexity index is 616. The molecule has 0 unspecified atom stereocenters. The van der Waals surface area contributed by atoms with Crippen molar-refractivity contribution in [3.05, 3.63) is 58.9 Å². The molecule has 20 heavy (non-hydrogen) atoms. The predicted octanol–water partition coefficient (Wildman–Crippen LogP) is 2.98. The number of rotatable bonds is 4. The molecule has 0 aliphatic rings. The van der Waals surface area contributed by atoms with Gasteiger partial charge in [-0.05, 0) is 36.8 Å². The second kappa shape index (κ2) is 6.39. The number of anilines is 1. The van der Waals surface area contributed by atoms with Crippen LogP contribution in [0.15, 0.2) is 42.6 Å². The number of nitrogens with zero attached hydrogens (tertiary/aromatic N) is 2. The zero-order valence-corrected chi connectivity index (χ0v) is 12.0. The van der Waals surface area contributed by atoms with E-state index in [4.69, 9.17) is 17.3 Å². The van der Waals surface area contributed by atoms with Crippen LogP contribution in [-0.2, 0) is 6.54 Å². The zero-order valence-electron chi connectivity index (χ0n) is 11.2. The minimum absolute atomic E-state index is 0.175. The summed E-state index contributed by atoms with van der Waals surface area (Å²) in [4.78, 5) is 18.2. The molecule has 0 atom stereocenters. The van der Waals surface area contributed by atoms with Gasteiger partial charge in [0.1, 0.15) is 0 Å². The van der Waals surface area contributed by atoms with Crippen LogP contribution in [0.25, 0.3) is 0 Å². The fraction of sp³-hybridized carbons (Fsp3) is 0.200. The molecule has 104 valence electrons. The average molecular weight is 290 g/mol. The fourth-order valence-corrected chi connectivity index (χ4v) is 2.14. The predicted molar refractivity (Wildman–Crippen MR) is 80.5 cm³/mol. The molecule has 0 saturated heterocycles. The van der Waals surface area contributed by atoms with Crippen molar-refractivity contribution >= 4 is 23.2 Å². The van der Waals surface area contributed by atoms with E-state index >= 15 is 0 Å². The van der Waals surface area contributed by atoms with Crippen molar-refractivity contribution in [2.24, 2.45) is 0 Å². The van der Waals surface area contributed by atoms with Crippen LogP contribution in [0, 0.1) is 0 Å². The standard InChI is InChI=1S/C15H16ClN3O/c1-2-19(10-11-5-3-6-12(16)9-11)15(20)14-13(17)7-4-8-18-14/h3-9H,2,10,17H2,1H3. The number of amides is 1. The van der Waals surface area contributed by atoms with Gasteiger partial charge < -0.3 is 10.6 Å². The summed E-state index contributed by atoms with van der Waals surface area (Å²) < 4.78 is 0. The van der Waals surface area contributed by atoms with E-state index in [1.165, 1.54) is 0 Å². The Balaban J connectivity index is 2.20. The maximum absolute atomic E-state index is 12.4. The van der Waals surface area contributed by atoms with Crippen LogP contribution in [0.2, 0.25) is 5.02 Å². The van der Waals surface area contributed by atoms with Gasteiger partial charge in [0.15, 0.2) is 5.69 Å². The molecule has 0 radical (unpaired) electrons. The van der Waals surface area contributed by atoms with Crippen LogP contribution < -0.4 is 5.73 Å². The summed E-state index contributed by atoms with van der Waals surface area (Å²) in [6.07, 6.45) is 1.57. The van der Waals surface area contributed by atoms with E-state index in [1.54, 1.807) is 29.3 Å². The normalized spacial score (nSPS) is 10.3. The highest BCUT2D eigenvalue weighted by molar-refractivity contribution is 6.30. The van der Waals surface area contributed by atoms with Crippen LogP contribution in [0.5, 0.6) is 0 Å². The van der Waals surface area contributed by atoms with Gasteiger partial charge in [0.05, 0.1) is 5.69 Å². The number of nitrogens with two attached hydrogens (primary N) is 1. The highest BCUT2D eigenvalue weighted by atomic mass is 35.5. The number of carbonyl (C=O) groups excluding carboxylic acids is 1. The Morgan fingerprint density at radius 2 is 2.15 bits per heavy atom. The van der Waals surface area contributed by atoms with Crippen LogP contribution in [0.4, 0.5) is 5.69 Å². The first-order chi connectivity index (χ1) is 9.61. The highest BCUT2D eigenvalue weighted by Gasteiger charge is 2.18. The number of halogens is 1. The molecule has 2 N–H and O–H groups in total. The van der Waals surface area contributed by atoms with Crippen LogP contribution in [-0.4, -0.2) is 22.3 Å². The average Bonchev–Trinajstić information content (AvgIpc) is 2.44.